The molecule has 194 valence electrons. The van der Waals surface area contributed by atoms with Crippen LogP contribution in [0, 0.1) is 5.41 Å². The van der Waals surface area contributed by atoms with Crippen molar-refractivity contribution in [2.45, 2.75) is 12.3 Å². The summed E-state index contributed by atoms with van der Waals surface area (Å²) in [5.74, 6) is 0.604. The Morgan fingerprint density at radius 3 is 1.79 bits per heavy atom. The average molecular weight is 530 g/mol. The Kier molecular flexibility index (Phi) is 8.80. The van der Waals surface area contributed by atoms with E-state index in [0.717, 1.165) is 5.56 Å². The number of rotatable bonds is 11. The zero-order chi connectivity index (χ0) is 26.8. The molecule has 0 spiro atoms. The molecule has 0 heterocycles. The summed E-state index contributed by atoms with van der Waals surface area (Å²) in [4.78, 5) is 12.6. The van der Waals surface area contributed by atoms with Crippen molar-refractivity contribution in [1.29, 1.82) is 5.41 Å². The molecule has 38 heavy (non-hydrogen) atoms. The van der Waals surface area contributed by atoms with Gasteiger partial charge in [0.05, 0.1) is 0 Å². The lowest BCUT2D eigenvalue weighted by atomic mass is 10.1. The highest BCUT2D eigenvalue weighted by atomic mass is 31.2. The molecule has 0 saturated carbocycles. The van der Waals surface area contributed by atoms with Crippen LogP contribution in [0.5, 0.6) is 11.5 Å². The van der Waals surface area contributed by atoms with Crippen molar-refractivity contribution in [2.75, 3.05) is 6.54 Å². The minimum atomic E-state index is -4.02. The molecule has 0 saturated heterocycles. The Morgan fingerprint density at radius 2 is 1.29 bits per heavy atom. The van der Waals surface area contributed by atoms with Crippen molar-refractivity contribution >= 4 is 19.5 Å². The van der Waals surface area contributed by atoms with Crippen molar-refractivity contribution in [1.82, 2.24) is 5.32 Å². The number of alkyl carbamates (subject to hydrolysis) is 1. The number of nitrogens with two attached hydrogens (primary N) is 1. The van der Waals surface area contributed by atoms with E-state index in [2.05, 4.69) is 5.32 Å². The van der Waals surface area contributed by atoms with Crippen molar-refractivity contribution in [2.24, 2.45) is 5.73 Å². The van der Waals surface area contributed by atoms with Crippen LogP contribution in [-0.4, -0.2) is 18.5 Å². The van der Waals surface area contributed by atoms with Gasteiger partial charge < -0.3 is 24.8 Å². The van der Waals surface area contributed by atoms with Crippen molar-refractivity contribution in [3.05, 3.63) is 132 Å². The highest BCUT2D eigenvalue weighted by Crippen LogP contribution is 2.60. The lowest BCUT2D eigenvalue weighted by Crippen LogP contribution is -2.30. The third-order valence-electron chi connectivity index (χ3n) is 5.59. The molecule has 4 aromatic rings. The second-order valence-electron chi connectivity index (χ2n) is 8.34. The maximum Gasteiger partial charge on any atom is 0.439 e. The van der Waals surface area contributed by atoms with E-state index in [4.69, 9.17) is 24.9 Å². The fourth-order valence-corrected chi connectivity index (χ4v) is 5.63. The van der Waals surface area contributed by atoms with Gasteiger partial charge >= 0.3 is 13.7 Å². The summed E-state index contributed by atoms with van der Waals surface area (Å²) in [5.41, 5.74) is 6.60. The number of nitrogens with one attached hydrogen (secondary N) is 2. The second kappa shape index (κ2) is 12.6. The third-order valence-corrected chi connectivity index (χ3v) is 7.77. The highest BCUT2D eigenvalue weighted by molar-refractivity contribution is 7.55. The van der Waals surface area contributed by atoms with Crippen LogP contribution in [0.15, 0.2) is 115 Å². The first-order chi connectivity index (χ1) is 18.4. The molecule has 1 atom stereocenters. The van der Waals surface area contributed by atoms with Gasteiger partial charge in [-0.2, -0.15) is 0 Å². The molecule has 4 N–H and O–H groups in total. The molecule has 8 nitrogen and oxygen atoms in total. The Balaban J connectivity index is 1.63. The number of hydrogen-bond donors (Lipinski definition) is 3. The third kappa shape index (κ3) is 7.24. The molecule has 0 bridgehead atoms. The summed E-state index contributed by atoms with van der Waals surface area (Å²) >= 11 is 0. The van der Waals surface area contributed by atoms with Crippen LogP contribution in [0.3, 0.4) is 0 Å². The van der Waals surface area contributed by atoms with E-state index in [-0.39, 0.29) is 19.0 Å². The van der Waals surface area contributed by atoms with Gasteiger partial charge in [-0.15, -0.1) is 0 Å². The monoisotopic (exact) mass is 529 g/mol. The Hall–Kier alpha value is -4.55. The molecule has 0 aromatic heterocycles. The number of benzene rings is 4. The molecule has 0 aliphatic rings. The smallest absolute Gasteiger partial charge is 0.439 e. The van der Waals surface area contributed by atoms with Gasteiger partial charge in [0.2, 0.25) is 0 Å². The fraction of sp³-hybridized carbons (Fsp3) is 0.103. The minimum absolute atomic E-state index is 0.0866. The topological polar surface area (TPSA) is 124 Å². The van der Waals surface area contributed by atoms with Crippen molar-refractivity contribution in [3.63, 3.8) is 0 Å². The molecular formula is C29H28N3O5P. The van der Waals surface area contributed by atoms with Crippen LogP contribution in [0.25, 0.3) is 0 Å². The molecule has 9 heteroatoms. The molecule has 0 fully saturated rings. The zero-order valence-electron chi connectivity index (χ0n) is 20.5. The predicted octanol–water partition coefficient (Wildman–Crippen LogP) is 6.29. The summed E-state index contributed by atoms with van der Waals surface area (Å²) in [7, 11) is -4.02. The normalized spacial score (nSPS) is 11.7. The summed E-state index contributed by atoms with van der Waals surface area (Å²) in [6.07, 6.45) is -0.676. The predicted molar refractivity (Wildman–Crippen MR) is 147 cm³/mol. The standard InChI is InChI=1S/C29H28N3O5P/c30-28(31)24-18-16-23(17-19-24)27(20-32-29(33)35-21-22-10-4-1-5-11-22)38(34,36-25-12-6-2-7-13-25)37-26-14-8-3-9-15-26/h1-19,27H,20-21H2,(H3,30,31)(H,32,33). The van der Waals surface area contributed by atoms with Crippen LogP contribution in [0.2, 0.25) is 0 Å². The lowest BCUT2D eigenvalue weighted by molar-refractivity contribution is 0.139. The Labute approximate surface area is 221 Å². The van der Waals surface area contributed by atoms with E-state index >= 15 is 0 Å². The van der Waals surface area contributed by atoms with Crippen molar-refractivity contribution < 1.29 is 23.1 Å². The number of para-hydroxylation sites is 2. The summed E-state index contributed by atoms with van der Waals surface area (Å²) in [6.45, 7) is -0.0205. The van der Waals surface area contributed by atoms with Crippen LogP contribution in [0.4, 0.5) is 4.79 Å². The Morgan fingerprint density at radius 1 is 0.789 bits per heavy atom. The van der Waals surface area contributed by atoms with Crippen LogP contribution in [0.1, 0.15) is 22.3 Å². The largest absolute Gasteiger partial charge is 0.445 e. The number of carbonyl (C=O) groups is 1. The average Bonchev–Trinajstić information content (AvgIpc) is 2.94. The summed E-state index contributed by atoms with van der Waals surface area (Å²) in [5, 5.41) is 10.4. The molecule has 0 aliphatic heterocycles. The van der Waals surface area contributed by atoms with Gasteiger partial charge in [0.15, 0.2) is 0 Å². The van der Waals surface area contributed by atoms with Gasteiger partial charge in [0.1, 0.15) is 29.6 Å². The van der Waals surface area contributed by atoms with Gasteiger partial charge in [-0.1, -0.05) is 91.0 Å². The van der Waals surface area contributed by atoms with E-state index in [1.807, 2.05) is 42.5 Å². The van der Waals surface area contributed by atoms with Crippen LogP contribution >= 0.6 is 7.60 Å². The molecular weight excluding hydrogens is 501 g/mol. The molecule has 4 rings (SSSR count). The highest BCUT2D eigenvalue weighted by Gasteiger charge is 2.41. The maximum absolute atomic E-state index is 14.6. The second-order valence-corrected chi connectivity index (χ2v) is 10.4. The maximum atomic E-state index is 14.6. The van der Waals surface area contributed by atoms with Gasteiger partial charge in [-0.05, 0) is 35.4 Å². The number of carbonyl (C=O) groups excluding carboxylic acids is 1. The molecule has 4 aromatic carbocycles. The van der Waals surface area contributed by atoms with Crippen LogP contribution < -0.4 is 20.1 Å². The quantitative estimate of drug-likeness (QED) is 0.119. The SMILES string of the molecule is N=C(N)c1ccc(C(CNC(=O)OCc2ccccc2)P(=O)(Oc2ccccc2)Oc2ccccc2)cc1. The molecule has 1 unspecified atom stereocenters. The van der Waals surface area contributed by atoms with E-state index in [1.54, 1.807) is 72.8 Å². The van der Waals surface area contributed by atoms with Gasteiger partial charge in [0, 0.05) is 12.1 Å². The van der Waals surface area contributed by atoms with E-state index in [0.29, 0.717) is 22.6 Å². The zero-order valence-corrected chi connectivity index (χ0v) is 21.4. The van der Waals surface area contributed by atoms with E-state index in [9.17, 15) is 9.36 Å². The first-order valence-electron chi connectivity index (χ1n) is 11.9. The number of ether oxygens (including phenoxy) is 1. The molecule has 0 radical (unpaired) electrons. The fourth-order valence-electron chi connectivity index (χ4n) is 3.65. The molecule has 1 amide bonds. The number of amides is 1. The summed E-state index contributed by atoms with van der Waals surface area (Å²) < 4.78 is 32.0. The summed E-state index contributed by atoms with van der Waals surface area (Å²) in [6, 6.07) is 33.4. The number of hydrogen-bond acceptors (Lipinski definition) is 6. The number of nitrogen functional groups attached to an aromatic ring is 1. The molecule has 0 aliphatic carbocycles. The van der Waals surface area contributed by atoms with Gasteiger partial charge in [0.25, 0.3) is 0 Å². The van der Waals surface area contributed by atoms with Crippen LogP contribution in [-0.2, 0) is 15.9 Å². The van der Waals surface area contributed by atoms with Gasteiger partial charge in [-0.25, -0.2) is 9.36 Å². The minimum Gasteiger partial charge on any atom is -0.445 e. The van der Waals surface area contributed by atoms with E-state index < -0.39 is 19.3 Å². The first-order valence-corrected chi connectivity index (χ1v) is 13.5. The lowest BCUT2D eigenvalue weighted by Gasteiger charge is -2.28. The van der Waals surface area contributed by atoms with Gasteiger partial charge in [-0.3, -0.25) is 5.41 Å². The Bertz CT molecular complexity index is 1340. The number of amidine groups is 1. The van der Waals surface area contributed by atoms with Crippen molar-refractivity contribution in [3.8, 4) is 11.5 Å². The first kappa shape index (κ1) is 26.5. The van der Waals surface area contributed by atoms with E-state index in [1.165, 1.54) is 0 Å².